The lowest BCUT2D eigenvalue weighted by atomic mass is 9.99. The number of hydrogen-bond acceptors (Lipinski definition) is 2. The first-order valence-electron chi connectivity index (χ1n) is 5.36. The zero-order chi connectivity index (χ0) is 11.1. The van der Waals surface area contributed by atoms with Crippen molar-refractivity contribution in [3.05, 3.63) is 35.4 Å². The van der Waals surface area contributed by atoms with E-state index in [0.717, 1.165) is 24.1 Å². The van der Waals surface area contributed by atoms with Crippen LogP contribution in [-0.4, -0.2) is 5.91 Å². The second-order valence-corrected chi connectivity index (χ2v) is 4.17. The van der Waals surface area contributed by atoms with E-state index in [1.807, 2.05) is 24.3 Å². The number of para-hydroxylation sites is 1. The third kappa shape index (κ3) is 1.24. The molecule has 0 saturated heterocycles. The fraction of sp³-hybridized carbons (Fsp3) is 0.231. The van der Waals surface area contributed by atoms with E-state index in [4.69, 9.17) is 5.26 Å². The standard InChI is InChI=1S/C13H10N2O/c14-7-10(8-5-6-8)12-9-3-1-2-4-11(9)15-13(12)16/h1-4,8H,5-6H2,(H,15,16)/b12-10+. The van der Waals surface area contributed by atoms with Gasteiger partial charge in [-0.15, -0.1) is 0 Å². The van der Waals surface area contributed by atoms with Gasteiger partial charge in [0.15, 0.2) is 0 Å². The maximum absolute atomic E-state index is 11.8. The first-order valence-corrected chi connectivity index (χ1v) is 5.36. The Hall–Kier alpha value is -2.08. The van der Waals surface area contributed by atoms with Gasteiger partial charge in [0.2, 0.25) is 0 Å². The van der Waals surface area contributed by atoms with E-state index < -0.39 is 0 Å². The highest BCUT2D eigenvalue weighted by molar-refractivity contribution is 6.32. The summed E-state index contributed by atoms with van der Waals surface area (Å²) in [5.41, 5.74) is 2.93. The molecule has 3 heteroatoms. The average molecular weight is 210 g/mol. The summed E-state index contributed by atoms with van der Waals surface area (Å²) in [4.78, 5) is 11.8. The van der Waals surface area contributed by atoms with Crippen LogP contribution in [0.15, 0.2) is 29.8 Å². The first-order chi connectivity index (χ1) is 7.81. The van der Waals surface area contributed by atoms with Gasteiger partial charge in [-0.2, -0.15) is 5.26 Å². The van der Waals surface area contributed by atoms with E-state index in [1.54, 1.807) is 0 Å². The van der Waals surface area contributed by atoms with Crippen molar-refractivity contribution in [2.24, 2.45) is 5.92 Å². The predicted molar refractivity (Wildman–Crippen MR) is 60.3 cm³/mol. The van der Waals surface area contributed by atoms with E-state index >= 15 is 0 Å². The summed E-state index contributed by atoms with van der Waals surface area (Å²) in [6.07, 6.45) is 2.06. The molecule has 3 rings (SSSR count). The predicted octanol–water partition coefficient (Wildman–Crippen LogP) is 2.33. The van der Waals surface area contributed by atoms with Crippen LogP contribution in [0.25, 0.3) is 5.57 Å². The number of fused-ring (bicyclic) bond motifs is 1. The second-order valence-electron chi connectivity index (χ2n) is 4.17. The molecule has 3 nitrogen and oxygen atoms in total. The smallest absolute Gasteiger partial charge is 0.257 e. The van der Waals surface area contributed by atoms with Gasteiger partial charge in [-0.1, -0.05) is 18.2 Å². The summed E-state index contributed by atoms with van der Waals surface area (Å²) in [7, 11) is 0. The van der Waals surface area contributed by atoms with Crippen LogP contribution in [0.2, 0.25) is 0 Å². The van der Waals surface area contributed by atoms with Crippen molar-refractivity contribution in [1.29, 1.82) is 5.26 Å². The van der Waals surface area contributed by atoms with Gasteiger partial charge in [-0.3, -0.25) is 4.79 Å². The minimum Gasteiger partial charge on any atom is -0.321 e. The molecule has 0 spiro atoms. The van der Waals surface area contributed by atoms with E-state index in [-0.39, 0.29) is 5.91 Å². The van der Waals surface area contributed by atoms with Crippen molar-refractivity contribution < 1.29 is 4.79 Å². The van der Waals surface area contributed by atoms with Crippen LogP contribution in [-0.2, 0) is 4.79 Å². The number of hydrogen-bond donors (Lipinski definition) is 1. The SMILES string of the molecule is N#C/C(=C1\C(=O)Nc2ccccc21)C1CC1. The van der Waals surface area contributed by atoms with Crippen molar-refractivity contribution >= 4 is 17.2 Å². The molecule has 1 fully saturated rings. The van der Waals surface area contributed by atoms with Gasteiger partial charge >= 0.3 is 0 Å². The number of anilines is 1. The third-order valence-corrected chi connectivity index (χ3v) is 3.05. The summed E-state index contributed by atoms with van der Waals surface area (Å²) in [6, 6.07) is 9.72. The molecule has 16 heavy (non-hydrogen) atoms. The molecule has 78 valence electrons. The Balaban J connectivity index is 2.21. The minimum absolute atomic E-state index is 0.135. The Labute approximate surface area is 93.4 Å². The normalized spacial score (nSPS) is 21.1. The van der Waals surface area contributed by atoms with Crippen molar-refractivity contribution in [1.82, 2.24) is 0 Å². The molecule has 0 unspecified atom stereocenters. The van der Waals surface area contributed by atoms with Crippen LogP contribution in [0.3, 0.4) is 0 Å². The first kappa shape index (κ1) is 9.17. The lowest BCUT2D eigenvalue weighted by Gasteiger charge is -2.00. The zero-order valence-electron chi connectivity index (χ0n) is 8.66. The van der Waals surface area contributed by atoms with Crippen molar-refractivity contribution in [3.8, 4) is 6.07 Å². The van der Waals surface area contributed by atoms with Crippen LogP contribution in [0.5, 0.6) is 0 Å². The minimum atomic E-state index is -0.135. The van der Waals surface area contributed by atoms with Crippen molar-refractivity contribution in [2.75, 3.05) is 5.32 Å². The number of nitriles is 1. The highest BCUT2D eigenvalue weighted by Gasteiger charge is 2.34. The third-order valence-electron chi connectivity index (χ3n) is 3.05. The number of amides is 1. The lowest BCUT2D eigenvalue weighted by molar-refractivity contribution is -0.110. The number of nitrogens with zero attached hydrogens (tertiary/aromatic N) is 1. The molecule has 0 bridgehead atoms. The lowest BCUT2D eigenvalue weighted by Crippen LogP contribution is -2.06. The van der Waals surface area contributed by atoms with Gasteiger partial charge in [0.05, 0.1) is 11.6 Å². The number of allylic oxidation sites excluding steroid dienone is 1. The van der Waals surface area contributed by atoms with Crippen LogP contribution < -0.4 is 5.32 Å². The van der Waals surface area contributed by atoms with Crippen LogP contribution in [0.4, 0.5) is 5.69 Å². The number of nitrogens with one attached hydrogen (secondary N) is 1. The molecule has 1 N–H and O–H groups in total. The Morgan fingerprint density at radius 2 is 2.12 bits per heavy atom. The average Bonchev–Trinajstić information content (AvgIpc) is 3.06. The molecule has 0 atom stereocenters. The molecule has 2 aliphatic rings. The van der Waals surface area contributed by atoms with Crippen LogP contribution in [0, 0.1) is 17.2 Å². The maximum atomic E-state index is 11.8. The molecule has 1 aromatic rings. The van der Waals surface area contributed by atoms with Gasteiger partial charge in [-0.25, -0.2) is 0 Å². The molecule has 1 saturated carbocycles. The monoisotopic (exact) mass is 210 g/mol. The Kier molecular flexibility index (Phi) is 1.84. The van der Waals surface area contributed by atoms with Crippen molar-refractivity contribution in [3.63, 3.8) is 0 Å². The Morgan fingerprint density at radius 1 is 1.38 bits per heavy atom. The molecule has 1 amide bonds. The number of carbonyl (C=O) groups excluding carboxylic acids is 1. The molecular formula is C13H10N2O. The van der Waals surface area contributed by atoms with Gasteiger partial charge in [0, 0.05) is 16.8 Å². The molecular weight excluding hydrogens is 200 g/mol. The molecule has 0 aromatic heterocycles. The molecule has 1 aliphatic heterocycles. The summed E-state index contributed by atoms with van der Waals surface area (Å²) in [5, 5.41) is 11.9. The molecule has 1 heterocycles. The van der Waals surface area contributed by atoms with Crippen LogP contribution in [0.1, 0.15) is 18.4 Å². The van der Waals surface area contributed by atoms with E-state index in [2.05, 4.69) is 11.4 Å². The quantitative estimate of drug-likeness (QED) is 0.571. The topological polar surface area (TPSA) is 52.9 Å². The number of rotatable bonds is 1. The summed E-state index contributed by atoms with van der Waals surface area (Å²) in [6.45, 7) is 0. The van der Waals surface area contributed by atoms with Crippen LogP contribution >= 0.6 is 0 Å². The molecule has 1 aromatic carbocycles. The largest absolute Gasteiger partial charge is 0.321 e. The summed E-state index contributed by atoms with van der Waals surface area (Å²) >= 11 is 0. The highest BCUT2D eigenvalue weighted by atomic mass is 16.2. The number of carbonyl (C=O) groups is 1. The Morgan fingerprint density at radius 3 is 2.81 bits per heavy atom. The highest BCUT2D eigenvalue weighted by Crippen LogP contribution is 2.43. The van der Waals surface area contributed by atoms with E-state index in [1.165, 1.54) is 0 Å². The summed E-state index contributed by atoms with van der Waals surface area (Å²) < 4.78 is 0. The van der Waals surface area contributed by atoms with Gasteiger partial charge in [-0.05, 0) is 24.8 Å². The van der Waals surface area contributed by atoms with Gasteiger partial charge in [0.25, 0.3) is 5.91 Å². The second kappa shape index (κ2) is 3.21. The van der Waals surface area contributed by atoms with Gasteiger partial charge in [0.1, 0.15) is 0 Å². The van der Waals surface area contributed by atoms with E-state index in [9.17, 15) is 4.79 Å². The zero-order valence-corrected chi connectivity index (χ0v) is 8.66. The summed E-state index contributed by atoms with van der Waals surface area (Å²) in [5.74, 6) is 0.168. The fourth-order valence-electron chi connectivity index (χ4n) is 2.11. The number of benzene rings is 1. The van der Waals surface area contributed by atoms with Gasteiger partial charge < -0.3 is 5.32 Å². The van der Waals surface area contributed by atoms with E-state index in [0.29, 0.717) is 17.1 Å². The van der Waals surface area contributed by atoms with Crippen molar-refractivity contribution in [2.45, 2.75) is 12.8 Å². The fourth-order valence-corrected chi connectivity index (χ4v) is 2.11. The maximum Gasteiger partial charge on any atom is 0.257 e. The molecule has 1 aliphatic carbocycles. The Bertz CT molecular complexity index is 547. The molecule has 0 radical (unpaired) electrons.